The molecule has 8 aromatic carbocycles. The molecule has 0 radical (unpaired) electrons. The molecular weight excluding hydrogens is 595 g/mol. The van der Waals surface area contributed by atoms with Gasteiger partial charge in [0.1, 0.15) is 11.3 Å². The molecule has 2 heteroatoms. The summed E-state index contributed by atoms with van der Waals surface area (Å²) in [7, 11) is 0. The summed E-state index contributed by atoms with van der Waals surface area (Å²) in [6.45, 7) is 2.14. The molecule has 1 heterocycles. The second kappa shape index (κ2) is 12.0. The van der Waals surface area contributed by atoms with Crippen LogP contribution in [-0.2, 0) is 0 Å². The molecule has 9 aromatic rings. The third kappa shape index (κ3) is 5.15. The van der Waals surface area contributed by atoms with Crippen molar-refractivity contribution in [2.75, 3.05) is 4.90 Å². The molecule has 2 nitrogen and oxygen atoms in total. The van der Waals surface area contributed by atoms with E-state index in [2.05, 4.69) is 182 Å². The van der Waals surface area contributed by atoms with Crippen molar-refractivity contribution in [3.8, 4) is 33.6 Å². The maximum atomic E-state index is 6.29. The number of para-hydroxylation sites is 2. The minimum Gasteiger partial charge on any atom is -0.456 e. The average molecular weight is 628 g/mol. The minimum absolute atomic E-state index is 0.921. The maximum Gasteiger partial charge on any atom is 0.138 e. The highest BCUT2D eigenvalue weighted by Crippen LogP contribution is 2.40. The zero-order valence-electron chi connectivity index (χ0n) is 27.2. The molecule has 0 aliphatic heterocycles. The first-order valence-electron chi connectivity index (χ1n) is 16.8. The van der Waals surface area contributed by atoms with Gasteiger partial charge in [-0.25, -0.2) is 0 Å². The number of nitrogens with zero attached hydrogens (tertiary/aromatic N) is 1. The molecule has 1 aromatic heterocycles. The van der Waals surface area contributed by atoms with Crippen molar-refractivity contribution in [1.82, 2.24) is 0 Å². The van der Waals surface area contributed by atoms with Gasteiger partial charge in [0.25, 0.3) is 0 Å². The van der Waals surface area contributed by atoms with Gasteiger partial charge in [0, 0.05) is 33.6 Å². The Labute approximate surface area is 286 Å². The number of furan rings is 1. The van der Waals surface area contributed by atoms with Crippen molar-refractivity contribution in [2.24, 2.45) is 0 Å². The predicted molar refractivity (Wildman–Crippen MR) is 207 cm³/mol. The van der Waals surface area contributed by atoms with Crippen molar-refractivity contribution >= 4 is 49.6 Å². The second-order valence-electron chi connectivity index (χ2n) is 12.6. The molecule has 0 saturated carbocycles. The summed E-state index contributed by atoms with van der Waals surface area (Å²) in [5, 5.41) is 6.25. The topological polar surface area (TPSA) is 16.4 Å². The number of fused-ring (bicyclic) bond motifs is 4. The van der Waals surface area contributed by atoms with Gasteiger partial charge in [-0.15, -0.1) is 0 Å². The summed E-state index contributed by atoms with van der Waals surface area (Å²) in [6.07, 6.45) is 0. The van der Waals surface area contributed by atoms with Crippen LogP contribution in [0.3, 0.4) is 0 Å². The first kappa shape index (κ1) is 28.8. The molecule has 0 aliphatic carbocycles. The molecule has 0 spiro atoms. The zero-order chi connectivity index (χ0) is 32.7. The van der Waals surface area contributed by atoms with E-state index in [0.717, 1.165) is 50.5 Å². The lowest BCUT2D eigenvalue weighted by atomic mass is 9.93. The lowest BCUT2D eigenvalue weighted by Gasteiger charge is -2.26. The zero-order valence-corrected chi connectivity index (χ0v) is 27.2. The van der Waals surface area contributed by atoms with Crippen LogP contribution >= 0.6 is 0 Å². The smallest absolute Gasteiger partial charge is 0.138 e. The Morgan fingerprint density at radius 3 is 1.69 bits per heavy atom. The highest BCUT2D eigenvalue weighted by molar-refractivity contribution is 6.13. The number of rotatable bonds is 6. The van der Waals surface area contributed by atoms with Gasteiger partial charge in [-0.3, -0.25) is 0 Å². The van der Waals surface area contributed by atoms with Crippen molar-refractivity contribution in [2.45, 2.75) is 6.92 Å². The molecule has 0 fully saturated rings. The predicted octanol–water partition coefficient (Wildman–Crippen LogP) is 13.5. The third-order valence-electron chi connectivity index (χ3n) is 9.65. The highest BCUT2D eigenvalue weighted by Gasteiger charge is 2.16. The molecule has 9 rings (SSSR count). The van der Waals surface area contributed by atoms with Crippen LogP contribution in [-0.4, -0.2) is 0 Å². The molecule has 0 aliphatic rings. The minimum atomic E-state index is 0.921. The molecule has 0 amide bonds. The molecule has 0 N–H and O–H groups in total. The van der Waals surface area contributed by atoms with Gasteiger partial charge >= 0.3 is 0 Å². The molecule has 232 valence electrons. The monoisotopic (exact) mass is 627 g/mol. The van der Waals surface area contributed by atoms with E-state index in [-0.39, 0.29) is 0 Å². The highest BCUT2D eigenvalue weighted by atomic mass is 16.3. The second-order valence-corrected chi connectivity index (χ2v) is 12.6. The van der Waals surface area contributed by atoms with E-state index in [9.17, 15) is 0 Å². The average Bonchev–Trinajstić information content (AvgIpc) is 3.52. The summed E-state index contributed by atoms with van der Waals surface area (Å²) < 4.78 is 6.29. The van der Waals surface area contributed by atoms with Crippen LogP contribution in [0.2, 0.25) is 0 Å². The number of benzene rings is 8. The number of hydrogen-bond acceptors (Lipinski definition) is 2. The number of hydrogen-bond donors (Lipinski definition) is 0. The summed E-state index contributed by atoms with van der Waals surface area (Å²) in [4.78, 5) is 2.32. The number of anilines is 3. The van der Waals surface area contributed by atoms with Crippen LogP contribution in [0.4, 0.5) is 17.1 Å². The lowest BCUT2D eigenvalue weighted by Crippen LogP contribution is -2.09. The fourth-order valence-electron chi connectivity index (χ4n) is 7.20. The summed E-state index contributed by atoms with van der Waals surface area (Å²) in [5.41, 5.74) is 11.3. The van der Waals surface area contributed by atoms with Crippen LogP contribution in [0, 0.1) is 6.92 Å². The van der Waals surface area contributed by atoms with E-state index < -0.39 is 0 Å². The van der Waals surface area contributed by atoms with Crippen LogP contribution < -0.4 is 4.90 Å². The van der Waals surface area contributed by atoms with Crippen LogP contribution in [0.25, 0.3) is 66.1 Å². The van der Waals surface area contributed by atoms with Crippen LogP contribution in [0.15, 0.2) is 186 Å². The Hall–Kier alpha value is -6.38. The largest absolute Gasteiger partial charge is 0.456 e. The fraction of sp³-hybridized carbons (Fsp3) is 0.0213. The van der Waals surface area contributed by atoms with Crippen molar-refractivity contribution in [1.29, 1.82) is 0 Å². The quantitative estimate of drug-likeness (QED) is 0.171. The van der Waals surface area contributed by atoms with E-state index >= 15 is 0 Å². The van der Waals surface area contributed by atoms with E-state index in [1.807, 2.05) is 12.1 Å². The molecule has 0 saturated heterocycles. The maximum absolute atomic E-state index is 6.29. The van der Waals surface area contributed by atoms with Gasteiger partial charge in [0.15, 0.2) is 0 Å². The standard InChI is InChI=1S/C47H33NO/c1-32-41-17-9-10-21-46(41)49-47(32)37-14-11-13-35(30-37)33-22-26-39(27-23-33)48(38-15-3-2-4-16-38)40-28-24-34(25-29-40)45-31-36-12-5-6-18-42(36)43-19-7-8-20-44(43)45/h2-31H,1H3. The van der Waals surface area contributed by atoms with E-state index in [1.165, 1.54) is 38.2 Å². The first-order chi connectivity index (χ1) is 24.2. The van der Waals surface area contributed by atoms with Crippen LogP contribution in [0.1, 0.15) is 5.56 Å². The van der Waals surface area contributed by atoms with Gasteiger partial charge < -0.3 is 9.32 Å². The van der Waals surface area contributed by atoms with Gasteiger partial charge in [-0.1, -0.05) is 127 Å². The Bertz CT molecular complexity index is 2600. The number of aryl methyl sites for hydroxylation is 1. The molecule has 0 bridgehead atoms. The summed E-state index contributed by atoms with van der Waals surface area (Å²) in [6, 6.07) is 65.0. The van der Waals surface area contributed by atoms with Crippen molar-refractivity contribution in [3.05, 3.63) is 188 Å². The van der Waals surface area contributed by atoms with Crippen LogP contribution in [0.5, 0.6) is 0 Å². The first-order valence-corrected chi connectivity index (χ1v) is 16.8. The SMILES string of the molecule is Cc1c(-c2cccc(-c3ccc(N(c4ccccc4)c4ccc(-c5cc6ccccc6c6ccccc56)cc4)cc3)c2)oc2ccccc12. The van der Waals surface area contributed by atoms with Crippen molar-refractivity contribution in [3.63, 3.8) is 0 Å². The molecule has 49 heavy (non-hydrogen) atoms. The molecule has 0 unspecified atom stereocenters. The molecule has 0 atom stereocenters. The summed E-state index contributed by atoms with van der Waals surface area (Å²) in [5.74, 6) is 0.926. The van der Waals surface area contributed by atoms with E-state index in [0.29, 0.717) is 0 Å². The summed E-state index contributed by atoms with van der Waals surface area (Å²) >= 11 is 0. The normalized spacial score (nSPS) is 11.4. The Balaban J connectivity index is 1.07. The van der Waals surface area contributed by atoms with Crippen molar-refractivity contribution < 1.29 is 4.42 Å². The lowest BCUT2D eigenvalue weighted by molar-refractivity contribution is 0.629. The van der Waals surface area contributed by atoms with E-state index in [1.54, 1.807) is 0 Å². The van der Waals surface area contributed by atoms with Gasteiger partial charge in [-0.2, -0.15) is 0 Å². The molecular formula is C47H33NO. The fourth-order valence-corrected chi connectivity index (χ4v) is 7.20. The third-order valence-corrected chi connectivity index (χ3v) is 9.65. The Morgan fingerprint density at radius 2 is 0.959 bits per heavy atom. The Morgan fingerprint density at radius 1 is 0.388 bits per heavy atom. The van der Waals surface area contributed by atoms with Gasteiger partial charge in [0.05, 0.1) is 0 Å². The Kier molecular flexibility index (Phi) is 7.06. The van der Waals surface area contributed by atoms with Gasteiger partial charge in [-0.05, 0) is 105 Å². The van der Waals surface area contributed by atoms with E-state index in [4.69, 9.17) is 4.42 Å². The van der Waals surface area contributed by atoms with Gasteiger partial charge in [0.2, 0.25) is 0 Å².